The number of imidazole rings is 1. The number of hydrogen-bond donors (Lipinski definition) is 1. The van der Waals surface area contributed by atoms with Gasteiger partial charge in [0.25, 0.3) is 0 Å². The van der Waals surface area contributed by atoms with Crippen LogP contribution in [0.2, 0.25) is 5.02 Å². The third-order valence-electron chi connectivity index (χ3n) is 4.94. The lowest BCUT2D eigenvalue weighted by Crippen LogP contribution is -2.25. The van der Waals surface area contributed by atoms with E-state index >= 15 is 0 Å². The Hall–Kier alpha value is -3.19. The van der Waals surface area contributed by atoms with Crippen molar-refractivity contribution in [3.8, 4) is 22.9 Å². The number of methoxy groups -OCH3 is 1. The van der Waals surface area contributed by atoms with E-state index in [0.29, 0.717) is 28.1 Å². The molecule has 3 heterocycles. The van der Waals surface area contributed by atoms with Gasteiger partial charge >= 0.3 is 0 Å². The first-order chi connectivity index (χ1) is 13.6. The minimum Gasteiger partial charge on any atom is -0.493 e. The molecule has 0 aliphatic carbocycles. The van der Waals surface area contributed by atoms with Gasteiger partial charge in [-0.3, -0.25) is 9.36 Å². The van der Waals surface area contributed by atoms with E-state index in [4.69, 9.17) is 25.8 Å². The second kappa shape index (κ2) is 6.45. The van der Waals surface area contributed by atoms with Gasteiger partial charge in [-0.15, -0.1) is 0 Å². The Morgan fingerprint density at radius 2 is 2.18 bits per heavy atom. The normalized spacial score (nSPS) is 17.2. The molecule has 0 radical (unpaired) electrons. The molecule has 0 saturated heterocycles. The summed E-state index contributed by atoms with van der Waals surface area (Å²) in [7, 11) is 1.58. The number of rotatable bonds is 3. The van der Waals surface area contributed by atoms with E-state index in [1.54, 1.807) is 19.5 Å². The van der Waals surface area contributed by atoms with Gasteiger partial charge in [-0.2, -0.15) is 0 Å². The number of nitrogens with one attached hydrogen (secondary N) is 1. The summed E-state index contributed by atoms with van der Waals surface area (Å²) in [6.07, 6.45) is 1.97. The highest BCUT2D eigenvalue weighted by Crippen LogP contribution is 2.46. The molecular formula is C20H16ClN3O4. The summed E-state index contributed by atoms with van der Waals surface area (Å²) in [4.78, 5) is 17.1. The SMILES string of the molecule is COc1cc([C@@H]2CC(=O)Nc3c2ncn3-c2cccc(Cl)c2)cc2c1OCO2. The van der Waals surface area contributed by atoms with Crippen LogP contribution in [-0.4, -0.2) is 29.4 Å². The van der Waals surface area contributed by atoms with Crippen LogP contribution in [0.4, 0.5) is 5.82 Å². The van der Waals surface area contributed by atoms with Crippen molar-refractivity contribution in [1.29, 1.82) is 0 Å². The van der Waals surface area contributed by atoms with Crippen molar-refractivity contribution in [3.05, 3.63) is 59.0 Å². The van der Waals surface area contributed by atoms with Gasteiger partial charge in [0.05, 0.1) is 12.8 Å². The van der Waals surface area contributed by atoms with Gasteiger partial charge in [-0.1, -0.05) is 17.7 Å². The zero-order valence-corrected chi connectivity index (χ0v) is 15.7. The summed E-state index contributed by atoms with van der Waals surface area (Å²) in [5, 5.41) is 3.55. The summed E-state index contributed by atoms with van der Waals surface area (Å²) >= 11 is 6.12. The minimum atomic E-state index is -0.229. The molecule has 8 heteroatoms. The molecule has 1 amide bonds. The van der Waals surface area contributed by atoms with Crippen LogP contribution < -0.4 is 19.5 Å². The summed E-state index contributed by atoms with van der Waals surface area (Å²) in [6.45, 7) is 0.148. The largest absolute Gasteiger partial charge is 0.493 e. The van der Waals surface area contributed by atoms with Crippen molar-refractivity contribution in [1.82, 2.24) is 9.55 Å². The van der Waals surface area contributed by atoms with E-state index in [2.05, 4.69) is 10.3 Å². The molecule has 2 aromatic carbocycles. The number of aromatic nitrogens is 2. The van der Waals surface area contributed by atoms with Crippen molar-refractivity contribution >= 4 is 23.3 Å². The Kier molecular flexibility index (Phi) is 3.91. The topological polar surface area (TPSA) is 74.6 Å². The molecule has 1 atom stereocenters. The van der Waals surface area contributed by atoms with Gasteiger partial charge in [0.1, 0.15) is 12.1 Å². The Morgan fingerprint density at radius 1 is 1.29 bits per heavy atom. The van der Waals surface area contributed by atoms with E-state index in [1.165, 1.54) is 0 Å². The van der Waals surface area contributed by atoms with Crippen molar-refractivity contribution in [2.75, 3.05) is 19.2 Å². The maximum atomic E-state index is 12.5. The fourth-order valence-corrected chi connectivity index (χ4v) is 3.84. The molecule has 28 heavy (non-hydrogen) atoms. The quantitative estimate of drug-likeness (QED) is 0.728. The number of benzene rings is 2. The predicted molar refractivity (Wildman–Crippen MR) is 103 cm³/mol. The molecular weight excluding hydrogens is 382 g/mol. The molecule has 0 fully saturated rings. The van der Waals surface area contributed by atoms with Crippen molar-refractivity contribution < 1.29 is 19.0 Å². The highest BCUT2D eigenvalue weighted by atomic mass is 35.5. The van der Waals surface area contributed by atoms with Crippen LogP contribution in [-0.2, 0) is 4.79 Å². The molecule has 0 unspecified atom stereocenters. The van der Waals surface area contributed by atoms with E-state index in [9.17, 15) is 4.79 Å². The van der Waals surface area contributed by atoms with Gasteiger partial charge in [-0.25, -0.2) is 4.98 Å². The summed E-state index contributed by atoms with van der Waals surface area (Å²) in [5.74, 6) is 2.09. The molecule has 0 bridgehead atoms. The Balaban J connectivity index is 1.62. The predicted octanol–water partition coefficient (Wildman–Crippen LogP) is 3.74. The zero-order chi connectivity index (χ0) is 19.3. The highest BCUT2D eigenvalue weighted by molar-refractivity contribution is 6.30. The van der Waals surface area contributed by atoms with Crippen LogP contribution in [0.15, 0.2) is 42.7 Å². The second-order valence-electron chi connectivity index (χ2n) is 6.59. The van der Waals surface area contributed by atoms with Gasteiger partial charge in [0.2, 0.25) is 18.4 Å². The van der Waals surface area contributed by atoms with Crippen molar-refractivity contribution in [3.63, 3.8) is 0 Å². The smallest absolute Gasteiger partial charge is 0.231 e. The number of ether oxygens (including phenoxy) is 3. The van der Waals surface area contributed by atoms with E-state index < -0.39 is 0 Å². The number of hydrogen-bond acceptors (Lipinski definition) is 5. The fraction of sp³-hybridized carbons (Fsp3) is 0.200. The Bertz CT molecular complexity index is 1100. The Morgan fingerprint density at radius 3 is 3.00 bits per heavy atom. The molecule has 142 valence electrons. The van der Waals surface area contributed by atoms with E-state index in [-0.39, 0.29) is 25.0 Å². The number of carbonyl (C=O) groups is 1. The van der Waals surface area contributed by atoms with Crippen LogP contribution >= 0.6 is 11.6 Å². The molecule has 2 aliphatic rings. The molecule has 2 aliphatic heterocycles. The van der Waals surface area contributed by atoms with Crippen LogP contribution in [0.1, 0.15) is 23.6 Å². The third kappa shape index (κ3) is 2.66. The van der Waals surface area contributed by atoms with Crippen LogP contribution in [0.3, 0.4) is 0 Å². The molecule has 0 spiro atoms. The standard InChI is InChI=1S/C20H16ClN3O4/c1-26-15-5-11(6-16-19(15)28-10-27-16)14-8-17(25)23-20-18(14)22-9-24(20)13-4-2-3-12(21)7-13/h2-7,9,14H,8,10H2,1H3,(H,23,25)/t14-/m0/s1. The maximum Gasteiger partial charge on any atom is 0.231 e. The molecule has 7 nitrogen and oxygen atoms in total. The second-order valence-corrected chi connectivity index (χ2v) is 7.03. The number of anilines is 1. The number of halogens is 1. The molecule has 3 aromatic rings. The molecule has 1 N–H and O–H groups in total. The number of carbonyl (C=O) groups excluding carboxylic acids is 1. The number of nitrogens with zero attached hydrogens (tertiary/aromatic N) is 2. The first-order valence-corrected chi connectivity index (χ1v) is 9.12. The van der Waals surface area contributed by atoms with Crippen LogP contribution in [0.25, 0.3) is 5.69 Å². The molecule has 0 saturated carbocycles. The highest BCUT2D eigenvalue weighted by Gasteiger charge is 2.33. The van der Waals surface area contributed by atoms with Gasteiger partial charge in [0.15, 0.2) is 11.5 Å². The summed E-state index contributed by atoms with van der Waals surface area (Å²) < 4.78 is 18.3. The third-order valence-corrected chi connectivity index (χ3v) is 5.18. The maximum absolute atomic E-state index is 12.5. The Labute approximate surface area is 165 Å². The van der Waals surface area contributed by atoms with E-state index in [0.717, 1.165) is 16.9 Å². The average molecular weight is 398 g/mol. The first-order valence-electron chi connectivity index (χ1n) is 8.74. The lowest BCUT2D eigenvalue weighted by Gasteiger charge is -2.24. The van der Waals surface area contributed by atoms with Gasteiger partial charge in [0, 0.05) is 23.0 Å². The number of amides is 1. The zero-order valence-electron chi connectivity index (χ0n) is 14.9. The van der Waals surface area contributed by atoms with Crippen LogP contribution in [0.5, 0.6) is 17.2 Å². The first kappa shape index (κ1) is 16.9. The average Bonchev–Trinajstić information content (AvgIpc) is 3.33. The molecule has 5 rings (SSSR count). The van der Waals surface area contributed by atoms with Gasteiger partial charge in [-0.05, 0) is 35.9 Å². The van der Waals surface area contributed by atoms with Crippen molar-refractivity contribution in [2.24, 2.45) is 0 Å². The summed E-state index contributed by atoms with van der Waals surface area (Å²) in [5.41, 5.74) is 2.49. The molecule has 1 aromatic heterocycles. The minimum absolute atomic E-state index is 0.0853. The van der Waals surface area contributed by atoms with Crippen molar-refractivity contribution in [2.45, 2.75) is 12.3 Å². The monoisotopic (exact) mass is 397 g/mol. The lowest BCUT2D eigenvalue weighted by molar-refractivity contribution is -0.116. The van der Waals surface area contributed by atoms with E-state index in [1.807, 2.05) is 34.9 Å². The summed E-state index contributed by atoms with van der Waals surface area (Å²) in [6, 6.07) is 11.1. The van der Waals surface area contributed by atoms with Gasteiger partial charge < -0.3 is 19.5 Å². The lowest BCUT2D eigenvalue weighted by atomic mass is 9.89. The fourth-order valence-electron chi connectivity index (χ4n) is 3.66. The number of fused-ring (bicyclic) bond motifs is 2. The van der Waals surface area contributed by atoms with Crippen LogP contribution in [0, 0.1) is 0 Å².